The van der Waals surface area contributed by atoms with Crippen molar-refractivity contribution in [2.45, 2.75) is 6.92 Å². The Hall–Kier alpha value is -3.72. The highest BCUT2D eigenvalue weighted by Crippen LogP contribution is 2.30. The molecule has 3 rings (SSSR count). The molecule has 0 radical (unpaired) electrons. The van der Waals surface area contributed by atoms with Crippen molar-refractivity contribution < 1.29 is 19.4 Å². The van der Waals surface area contributed by atoms with E-state index in [4.69, 9.17) is 10.8 Å². The second-order valence-corrected chi connectivity index (χ2v) is 5.75. The minimum atomic E-state index is -1.22. The first-order chi connectivity index (χ1) is 12.4. The summed E-state index contributed by atoms with van der Waals surface area (Å²) in [6.07, 6.45) is 3.30. The quantitative estimate of drug-likeness (QED) is 0.500. The third-order valence-electron chi connectivity index (χ3n) is 3.96. The average Bonchev–Trinajstić information content (AvgIpc) is 3.01. The molecule has 130 valence electrons. The number of carboxylic acid groups (broad SMARTS) is 1. The van der Waals surface area contributed by atoms with E-state index < -0.39 is 11.8 Å². The molecule has 2 aromatic carbocycles. The molecule has 1 aromatic heterocycles. The van der Waals surface area contributed by atoms with Gasteiger partial charge in [0.25, 0.3) is 0 Å². The van der Waals surface area contributed by atoms with Crippen molar-refractivity contribution in [1.29, 1.82) is 0 Å². The number of benzene rings is 2. The first kappa shape index (κ1) is 17.1. The zero-order valence-corrected chi connectivity index (χ0v) is 13.8. The van der Waals surface area contributed by atoms with Crippen molar-refractivity contribution in [3.05, 3.63) is 71.3 Å². The zero-order valence-electron chi connectivity index (χ0n) is 13.8. The van der Waals surface area contributed by atoms with Gasteiger partial charge in [0.05, 0.1) is 5.56 Å². The molecule has 0 saturated heterocycles. The first-order valence-corrected chi connectivity index (χ1v) is 7.67. The number of aryl methyl sites for hydroxylation is 1. The number of aromatic nitrogens is 1. The second kappa shape index (κ2) is 6.65. The standard InChI is InChI=1S/C20H15FN2O3/c1-12-2-5-18(21)16(8-12)17-11-23(10-13(17)6-7-22)14-3-4-15(20(25)26)19(24)9-14/h2-5,8-11,24H,22H2,1H3,(H,25,26). The highest BCUT2D eigenvalue weighted by Gasteiger charge is 2.15. The van der Waals surface area contributed by atoms with E-state index in [1.165, 1.54) is 18.2 Å². The Labute approximate surface area is 149 Å². The maximum absolute atomic E-state index is 14.3. The van der Waals surface area contributed by atoms with Crippen LogP contribution in [0.2, 0.25) is 0 Å². The topological polar surface area (TPSA) is 88.5 Å². The molecule has 0 aliphatic heterocycles. The Bertz CT molecular complexity index is 1070. The van der Waals surface area contributed by atoms with Crippen molar-refractivity contribution in [2.24, 2.45) is 5.73 Å². The number of nitrogens with two attached hydrogens (primary N) is 1. The Balaban J connectivity index is 2.16. The van der Waals surface area contributed by atoms with Gasteiger partial charge in [-0.1, -0.05) is 11.6 Å². The van der Waals surface area contributed by atoms with Gasteiger partial charge in [-0.25, -0.2) is 9.18 Å². The van der Waals surface area contributed by atoms with Crippen LogP contribution in [0.25, 0.3) is 16.8 Å². The molecule has 0 unspecified atom stereocenters. The molecule has 5 nitrogen and oxygen atoms in total. The molecule has 0 atom stereocenters. The van der Waals surface area contributed by atoms with E-state index in [1.54, 1.807) is 35.2 Å². The molecule has 26 heavy (non-hydrogen) atoms. The van der Waals surface area contributed by atoms with Gasteiger partial charge < -0.3 is 20.5 Å². The molecule has 1 heterocycles. The number of nitrogens with zero attached hydrogens (tertiary/aromatic N) is 1. The van der Waals surface area contributed by atoms with Crippen LogP contribution in [0, 0.1) is 24.7 Å². The first-order valence-electron chi connectivity index (χ1n) is 7.67. The molecule has 6 heteroatoms. The molecule has 3 aromatic rings. The smallest absolute Gasteiger partial charge is 0.339 e. The summed E-state index contributed by atoms with van der Waals surface area (Å²) >= 11 is 0. The number of hydrogen-bond acceptors (Lipinski definition) is 3. The Morgan fingerprint density at radius 1 is 1.15 bits per heavy atom. The highest BCUT2D eigenvalue weighted by atomic mass is 19.1. The third-order valence-corrected chi connectivity index (χ3v) is 3.96. The largest absolute Gasteiger partial charge is 0.507 e. The zero-order chi connectivity index (χ0) is 18.8. The van der Waals surface area contributed by atoms with Gasteiger partial charge in [0.15, 0.2) is 0 Å². The summed E-state index contributed by atoms with van der Waals surface area (Å²) in [6.45, 7) is 1.86. The van der Waals surface area contributed by atoms with E-state index in [0.717, 1.165) is 5.56 Å². The molecular weight excluding hydrogens is 335 g/mol. The van der Waals surface area contributed by atoms with Crippen molar-refractivity contribution in [3.63, 3.8) is 0 Å². The van der Waals surface area contributed by atoms with Crippen LogP contribution in [-0.4, -0.2) is 20.7 Å². The van der Waals surface area contributed by atoms with Gasteiger partial charge in [-0.3, -0.25) is 0 Å². The SMILES string of the molecule is Cc1ccc(F)c(-c2cn(-c3ccc(C(=O)O)c(O)c3)cc2C#CN)c1. The third kappa shape index (κ3) is 3.10. The van der Waals surface area contributed by atoms with Gasteiger partial charge in [-0.15, -0.1) is 0 Å². The van der Waals surface area contributed by atoms with Gasteiger partial charge in [-0.2, -0.15) is 0 Å². The lowest BCUT2D eigenvalue weighted by atomic mass is 10.0. The van der Waals surface area contributed by atoms with E-state index in [0.29, 0.717) is 22.4 Å². The summed E-state index contributed by atoms with van der Waals surface area (Å²) in [5.74, 6) is 0.762. The molecule has 0 aliphatic rings. The van der Waals surface area contributed by atoms with Crippen LogP contribution in [-0.2, 0) is 0 Å². The number of aromatic hydroxyl groups is 1. The monoisotopic (exact) mass is 350 g/mol. The predicted octanol–water partition coefficient (Wildman–Crippen LogP) is 3.26. The molecular formula is C20H15FN2O3. The fraction of sp³-hybridized carbons (Fsp3) is 0.0500. The van der Waals surface area contributed by atoms with Crippen LogP contribution in [0.3, 0.4) is 0 Å². The van der Waals surface area contributed by atoms with Gasteiger partial charge in [0, 0.05) is 41.3 Å². The van der Waals surface area contributed by atoms with Crippen molar-refractivity contribution in [2.75, 3.05) is 0 Å². The number of carbonyl (C=O) groups is 1. The van der Waals surface area contributed by atoms with Crippen LogP contribution in [0.5, 0.6) is 5.75 Å². The lowest BCUT2D eigenvalue weighted by molar-refractivity contribution is 0.0693. The van der Waals surface area contributed by atoms with Gasteiger partial charge in [0.2, 0.25) is 0 Å². The van der Waals surface area contributed by atoms with E-state index in [1.807, 2.05) is 6.92 Å². The number of hydrogen-bond donors (Lipinski definition) is 3. The highest BCUT2D eigenvalue weighted by molar-refractivity contribution is 5.91. The maximum Gasteiger partial charge on any atom is 0.339 e. The minimum absolute atomic E-state index is 0.201. The van der Waals surface area contributed by atoms with E-state index in [-0.39, 0.29) is 11.3 Å². The molecule has 0 spiro atoms. The number of carboxylic acids is 1. The summed E-state index contributed by atoms with van der Waals surface area (Å²) < 4.78 is 15.9. The fourth-order valence-corrected chi connectivity index (χ4v) is 2.70. The molecule has 0 saturated carbocycles. The van der Waals surface area contributed by atoms with Gasteiger partial charge in [-0.05, 0) is 37.1 Å². The number of phenols is 1. The maximum atomic E-state index is 14.3. The summed E-state index contributed by atoms with van der Waals surface area (Å²) in [6, 6.07) is 11.2. The van der Waals surface area contributed by atoms with Crippen molar-refractivity contribution >= 4 is 5.97 Å². The number of aromatic carboxylic acids is 1. The van der Waals surface area contributed by atoms with Crippen LogP contribution in [0.4, 0.5) is 4.39 Å². The van der Waals surface area contributed by atoms with Gasteiger partial charge in [0.1, 0.15) is 17.1 Å². The number of rotatable bonds is 3. The fourth-order valence-electron chi connectivity index (χ4n) is 2.70. The Kier molecular flexibility index (Phi) is 4.38. The number of halogens is 1. The van der Waals surface area contributed by atoms with Crippen LogP contribution in [0.1, 0.15) is 21.5 Å². The summed E-state index contributed by atoms with van der Waals surface area (Å²) in [5, 5.41) is 18.9. The Morgan fingerprint density at radius 3 is 2.58 bits per heavy atom. The van der Waals surface area contributed by atoms with E-state index in [9.17, 15) is 14.3 Å². The summed E-state index contributed by atoms with van der Waals surface area (Å²) in [4.78, 5) is 11.0. The van der Waals surface area contributed by atoms with Crippen LogP contribution >= 0.6 is 0 Å². The molecule has 0 bridgehead atoms. The molecule has 0 aliphatic carbocycles. The summed E-state index contributed by atoms with van der Waals surface area (Å²) in [7, 11) is 0. The predicted molar refractivity (Wildman–Crippen MR) is 95.6 cm³/mol. The van der Waals surface area contributed by atoms with E-state index >= 15 is 0 Å². The van der Waals surface area contributed by atoms with Gasteiger partial charge >= 0.3 is 5.97 Å². The van der Waals surface area contributed by atoms with Crippen LogP contribution < -0.4 is 5.73 Å². The van der Waals surface area contributed by atoms with Crippen molar-refractivity contribution in [3.8, 4) is 34.5 Å². The second-order valence-electron chi connectivity index (χ2n) is 5.75. The normalized spacial score (nSPS) is 10.2. The lowest BCUT2D eigenvalue weighted by Gasteiger charge is -2.06. The average molecular weight is 350 g/mol. The van der Waals surface area contributed by atoms with E-state index in [2.05, 4.69) is 12.0 Å². The molecule has 0 fully saturated rings. The van der Waals surface area contributed by atoms with Crippen LogP contribution in [0.15, 0.2) is 48.8 Å². The molecule has 0 amide bonds. The van der Waals surface area contributed by atoms with Crippen molar-refractivity contribution in [1.82, 2.24) is 4.57 Å². The Morgan fingerprint density at radius 2 is 1.92 bits per heavy atom. The summed E-state index contributed by atoms with van der Waals surface area (Å²) in [5.41, 5.74) is 7.97. The molecule has 4 N–H and O–H groups in total. The minimum Gasteiger partial charge on any atom is -0.507 e. The lowest BCUT2D eigenvalue weighted by Crippen LogP contribution is -1.98.